The molecule has 2 N–H and O–H groups in total. The minimum atomic E-state index is -1.42. The van der Waals surface area contributed by atoms with E-state index in [1.165, 1.54) is 167 Å². The molecule has 0 atom stereocenters. The Kier molecular flexibility index (Phi) is 36.4. The zero-order valence-corrected chi connectivity index (χ0v) is 33.7. The Hall–Kier alpha value is -0.200. The lowest BCUT2D eigenvalue weighted by atomic mass is 10.1. The maximum atomic E-state index is 7.09. The smallest absolute Gasteiger partial charge is 0.281 e. The standard InChI is InChI=1S/C43H89NO4/c1-6-10-14-18-22-26-30-34-38-45-42(5,46-39-35-31-27-23-19-15-11-7-2)43(44,47-40-36-32-28-24-20-16-12-8-3)48-41-37-33-29-25-21-17-13-9-4/h6-41,44H2,1-5H3. The fourth-order valence-electron chi connectivity index (χ4n) is 6.47. The zero-order valence-electron chi connectivity index (χ0n) is 33.7. The molecule has 0 saturated carbocycles. The van der Waals surface area contributed by atoms with Gasteiger partial charge in [0.15, 0.2) is 0 Å². The van der Waals surface area contributed by atoms with Crippen molar-refractivity contribution in [3.63, 3.8) is 0 Å². The van der Waals surface area contributed by atoms with Crippen LogP contribution in [0, 0.1) is 0 Å². The lowest BCUT2D eigenvalue weighted by molar-refractivity contribution is -0.403. The van der Waals surface area contributed by atoms with Crippen LogP contribution in [0.15, 0.2) is 0 Å². The molecule has 0 heterocycles. The van der Waals surface area contributed by atoms with Crippen LogP contribution < -0.4 is 5.73 Å². The van der Waals surface area contributed by atoms with Crippen LogP contribution in [0.2, 0.25) is 0 Å². The summed E-state index contributed by atoms with van der Waals surface area (Å²) in [7, 11) is 0. The topological polar surface area (TPSA) is 62.9 Å². The van der Waals surface area contributed by atoms with Gasteiger partial charge in [-0.1, -0.05) is 207 Å². The van der Waals surface area contributed by atoms with E-state index in [1.807, 2.05) is 6.92 Å². The fraction of sp³-hybridized carbons (Fsp3) is 1.00. The number of nitrogens with two attached hydrogens (primary N) is 1. The van der Waals surface area contributed by atoms with E-state index in [0.717, 1.165) is 38.5 Å². The van der Waals surface area contributed by atoms with Gasteiger partial charge < -0.3 is 18.9 Å². The first-order chi connectivity index (χ1) is 23.5. The Morgan fingerprint density at radius 2 is 0.479 bits per heavy atom. The number of ether oxygens (including phenoxy) is 4. The highest BCUT2D eigenvalue weighted by Gasteiger charge is 2.51. The van der Waals surface area contributed by atoms with Crippen LogP contribution in [0.1, 0.15) is 240 Å². The molecular formula is C43H89NO4. The molecule has 0 aliphatic carbocycles. The SMILES string of the molecule is CCCCCCCCCCOC(C)(OCCCCCCCCCC)C(N)(OCCCCCCCCCC)OCCCCCCCCCC. The molecule has 0 aliphatic rings. The summed E-state index contributed by atoms with van der Waals surface area (Å²) in [5.41, 5.74) is 7.09. The van der Waals surface area contributed by atoms with Gasteiger partial charge in [0.2, 0.25) is 5.79 Å². The van der Waals surface area contributed by atoms with Gasteiger partial charge in [-0.2, -0.15) is 0 Å². The molecule has 0 fully saturated rings. The Morgan fingerprint density at radius 1 is 0.292 bits per heavy atom. The van der Waals surface area contributed by atoms with Crippen LogP contribution in [0.3, 0.4) is 0 Å². The van der Waals surface area contributed by atoms with Crippen molar-refractivity contribution < 1.29 is 18.9 Å². The number of hydrogen-bond donors (Lipinski definition) is 1. The summed E-state index contributed by atoms with van der Waals surface area (Å²) in [6.45, 7) is 13.5. The molecule has 0 radical (unpaired) electrons. The van der Waals surface area contributed by atoms with Gasteiger partial charge in [-0.3, -0.25) is 5.73 Å². The van der Waals surface area contributed by atoms with E-state index in [-0.39, 0.29) is 0 Å². The molecule has 0 aromatic rings. The summed E-state index contributed by atoms with van der Waals surface area (Å²) in [5, 5.41) is 0. The molecule has 0 saturated heterocycles. The fourth-order valence-corrected chi connectivity index (χ4v) is 6.47. The highest BCUT2D eigenvalue weighted by atomic mass is 16.8. The van der Waals surface area contributed by atoms with Crippen molar-refractivity contribution in [2.45, 2.75) is 252 Å². The van der Waals surface area contributed by atoms with Gasteiger partial charge in [0.25, 0.3) is 5.91 Å². The maximum Gasteiger partial charge on any atom is 0.281 e. The van der Waals surface area contributed by atoms with Gasteiger partial charge in [0, 0.05) is 0 Å². The Labute approximate surface area is 302 Å². The number of unbranched alkanes of at least 4 members (excludes halogenated alkanes) is 28. The van der Waals surface area contributed by atoms with Crippen LogP contribution in [-0.4, -0.2) is 38.1 Å². The number of rotatable bonds is 41. The lowest BCUT2D eigenvalue weighted by Crippen LogP contribution is -2.65. The van der Waals surface area contributed by atoms with E-state index in [9.17, 15) is 0 Å². The van der Waals surface area contributed by atoms with Crippen molar-refractivity contribution >= 4 is 0 Å². The molecular weight excluding hydrogens is 594 g/mol. The second-order valence-corrected chi connectivity index (χ2v) is 14.9. The summed E-state index contributed by atoms with van der Waals surface area (Å²) < 4.78 is 26.1. The molecule has 0 amide bonds. The molecule has 0 bridgehead atoms. The van der Waals surface area contributed by atoms with Gasteiger partial charge in [-0.15, -0.1) is 0 Å². The first kappa shape index (κ1) is 47.8. The van der Waals surface area contributed by atoms with E-state index in [1.54, 1.807) is 0 Å². The summed E-state index contributed by atoms with van der Waals surface area (Å²) in [6, 6.07) is 0. The molecule has 0 aromatic carbocycles. The van der Waals surface area contributed by atoms with Crippen molar-refractivity contribution in [1.29, 1.82) is 0 Å². The average Bonchev–Trinajstić information content (AvgIpc) is 3.08. The van der Waals surface area contributed by atoms with Crippen molar-refractivity contribution in [3.8, 4) is 0 Å². The monoisotopic (exact) mass is 684 g/mol. The van der Waals surface area contributed by atoms with Gasteiger partial charge >= 0.3 is 0 Å². The van der Waals surface area contributed by atoms with E-state index >= 15 is 0 Å². The van der Waals surface area contributed by atoms with Crippen LogP contribution in [0.4, 0.5) is 0 Å². The summed E-state index contributed by atoms with van der Waals surface area (Å²) >= 11 is 0. The van der Waals surface area contributed by atoms with Gasteiger partial charge in [0.1, 0.15) is 0 Å². The second-order valence-electron chi connectivity index (χ2n) is 14.9. The molecule has 290 valence electrons. The highest BCUT2D eigenvalue weighted by Crippen LogP contribution is 2.31. The van der Waals surface area contributed by atoms with Gasteiger partial charge in [-0.25, -0.2) is 0 Å². The lowest BCUT2D eigenvalue weighted by Gasteiger charge is -2.44. The molecule has 0 unspecified atom stereocenters. The van der Waals surface area contributed by atoms with Crippen molar-refractivity contribution in [1.82, 2.24) is 0 Å². The predicted molar refractivity (Wildman–Crippen MR) is 210 cm³/mol. The Bertz CT molecular complexity index is 520. The minimum absolute atomic E-state index is 0.570. The van der Waals surface area contributed by atoms with Crippen LogP contribution in [0.5, 0.6) is 0 Å². The first-order valence-electron chi connectivity index (χ1n) is 21.8. The molecule has 5 heteroatoms. The third kappa shape index (κ3) is 28.5. The van der Waals surface area contributed by atoms with Gasteiger partial charge in [-0.05, 0) is 32.6 Å². The molecule has 0 rings (SSSR count). The first-order valence-corrected chi connectivity index (χ1v) is 21.8. The van der Waals surface area contributed by atoms with Crippen molar-refractivity contribution in [3.05, 3.63) is 0 Å². The molecule has 5 nitrogen and oxygen atoms in total. The molecule has 48 heavy (non-hydrogen) atoms. The predicted octanol–water partition coefficient (Wildman–Crippen LogP) is 13.9. The largest absolute Gasteiger partial charge is 0.344 e. The maximum absolute atomic E-state index is 7.09. The van der Waals surface area contributed by atoms with E-state index in [4.69, 9.17) is 24.7 Å². The summed E-state index contributed by atoms with van der Waals surface area (Å²) in [5.74, 6) is -2.56. The summed E-state index contributed by atoms with van der Waals surface area (Å²) in [6.07, 6.45) is 40.4. The average molecular weight is 684 g/mol. The van der Waals surface area contributed by atoms with Crippen molar-refractivity contribution in [2.75, 3.05) is 26.4 Å². The Morgan fingerprint density at radius 3 is 0.708 bits per heavy atom. The zero-order chi connectivity index (χ0) is 35.3. The van der Waals surface area contributed by atoms with Gasteiger partial charge in [0.05, 0.1) is 26.4 Å². The molecule has 0 spiro atoms. The minimum Gasteiger partial charge on any atom is -0.344 e. The van der Waals surface area contributed by atoms with E-state index in [2.05, 4.69) is 27.7 Å². The van der Waals surface area contributed by atoms with E-state index < -0.39 is 11.7 Å². The quantitative estimate of drug-likeness (QED) is 0.0513. The van der Waals surface area contributed by atoms with E-state index in [0.29, 0.717) is 26.4 Å². The van der Waals surface area contributed by atoms with Crippen LogP contribution >= 0.6 is 0 Å². The molecule has 0 aromatic heterocycles. The normalized spacial score (nSPS) is 12.4. The van der Waals surface area contributed by atoms with Crippen molar-refractivity contribution in [2.24, 2.45) is 5.73 Å². The van der Waals surface area contributed by atoms with Crippen LogP contribution in [0.25, 0.3) is 0 Å². The second kappa shape index (κ2) is 36.6. The Balaban J connectivity index is 5.16. The third-order valence-corrected chi connectivity index (χ3v) is 10.0. The number of hydrogen-bond acceptors (Lipinski definition) is 5. The third-order valence-electron chi connectivity index (χ3n) is 10.0. The highest BCUT2D eigenvalue weighted by molar-refractivity contribution is 4.81. The molecule has 0 aliphatic heterocycles. The summed E-state index contributed by atoms with van der Waals surface area (Å²) in [4.78, 5) is 0. The van der Waals surface area contributed by atoms with Crippen LogP contribution in [-0.2, 0) is 18.9 Å².